The third-order valence-corrected chi connectivity index (χ3v) is 3.65. The van der Waals surface area contributed by atoms with Crippen LogP contribution in [0.25, 0.3) is 0 Å². The molecular formula is C12H11NOP. The first-order valence-electron chi connectivity index (χ1n) is 4.65. The van der Waals surface area contributed by atoms with Crippen LogP contribution in [0.15, 0.2) is 54.6 Å². The van der Waals surface area contributed by atoms with Gasteiger partial charge in [-0.25, -0.2) is 0 Å². The second-order valence-corrected chi connectivity index (χ2v) is 4.84. The van der Waals surface area contributed by atoms with Gasteiger partial charge in [0.1, 0.15) is 7.80 Å². The van der Waals surface area contributed by atoms with Crippen molar-refractivity contribution in [1.82, 2.24) is 0 Å². The Balaban J connectivity index is 2.33. The van der Waals surface area contributed by atoms with Gasteiger partial charge in [0, 0.05) is 16.3 Å². The van der Waals surface area contributed by atoms with Gasteiger partial charge in [0.05, 0.1) is 0 Å². The van der Waals surface area contributed by atoms with E-state index in [9.17, 15) is 4.57 Å². The van der Waals surface area contributed by atoms with Crippen molar-refractivity contribution in [3.05, 3.63) is 54.6 Å². The average molecular weight is 216 g/mol. The second kappa shape index (κ2) is 4.24. The molecule has 0 saturated carbocycles. The highest BCUT2D eigenvalue weighted by molar-refractivity contribution is 7.61. The predicted octanol–water partition coefficient (Wildman–Crippen LogP) is 2.05. The quantitative estimate of drug-likeness (QED) is 0.616. The smallest absolute Gasteiger partial charge is 0.136 e. The van der Waals surface area contributed by atoms with Crippen molar-refractivity contribution in [2.45, 2.75) is 0 Å². The molecule has 0 amide bonds. The molecule has 2 rings (SSSR count). The van der Waals surface area contributed by atoms with Gasteiger partial charge < -0.3 is 5.73 Å². The van der Waals surface area contributed by atoms with Crippen LogP contribution in [0.4, 0.5) is 5.69 Å². The molecule has 0 aliphatic carbocycles. The van der Waals surface area contributed by atoms with Crippen molar-refractivity contribution in [2.75, 3.05) is 5.73 Å². The van der Waals surface area contributed by atoms with E-state index in [1.165, 1.54) is 0 Å². The highest BCUT2D eigenvalue weighted by Gasteiger charge is 2.06. The van der Waals surface area contributed by atoms with Gasteiger partial charge in [-0.05, 0) is 36.4 Å². The summed E-state index contributed by atoms with van der Waals surface area (Å²) in [6, 6.07) is 16.6. The van der Waals surface area contributed by atoms with Crippen LogP contribution >= 0.6 is 7.80 Å². The molecule has 2 aromatic carbocycles. The van der Waals surface area contributed by atoms with Gasteiger partial charge in [-0.15, -0.1) is 0 Å². The van der Waals surface area contributed by atoms with Gasteiger partial charge in [-0.1, -0.05) is 18.2 Å². The summed E-state index contributed by atoms with van der Waals surface area (Å²) in [5.74, 6) is 0. The van der Waals surface area contributed by atoms with E-state index in [2.05, 4.69) is 0 Å². The van der Waals surface area contributed by atoms with Crippen LogP contribution in [0.5, 0.6) is 0 Å². The number of anilines is 1. The molecule has 3 heteroatoms. The Labute approximate surface area is 89.5 Å². The van der Waals surface area contributed by atoms with Crippen LogP contribution in [-0.2, 0) is 4.57 Å². The zero-order valence-corrected chi connectivity index (χ0v) is 9.02. The van der Waals surface area contributed by atoms with Crippen LogP contribution in [0, 0.1) is 0 Å². The summed E-state index contributed by atoms with van der Waals surface area (Å²) < 4.78 is 12.1. The van der Waals surface area contributed by atoms with Crippen LogP contribution in [-0.4, -0.2) is 0 Å². The van der Waals surface area contributed by atoms with E-state index in [-0.39, 0.29) is 0 Å². The topological polar surface area (TPSA) is 43.1 Å². The van der Waals surface area contributed by atoms with Crippen LogP contribution < -0.4 is 16.3 Å². The molecule has 0 bridgehead atoms. The maximum atomic E-state index is 12.1. The molecule has 2 nitrogen and oxygen atoms in total. The highest BCUT2D eigenvalue weighted by Crippen LogP contribution is 2.19. The molecule has 0 aromatic heterocycles. The monoisotopic (exact) mass is 216 g/mol. The minimum Gasteiger partial charge on any atom is -0.399 e. The van der Waals surface area contributed by atoms with Crippen LogP contribution in [0.2, 0.25) is 0 Å². The van der Waals surface area contributed by atoms with E-state index in [1.807, 2.05) is 30.3 Å². The summed E-state index contributed by atoms with van der Waals surface area (Å²) in [7, 11) is -1.49. The summed E-state index contributed by atoms with van der Waals surface area (Å²) in [4.78, 5) is 0. The van der Waals surface area contributed by atoms with Gasteiger partial charge in [0.15, 0.2) is 0 Å². The first-order valence-corrected chi connectivity index (χ1v) is 5.91. The van der Waals surface area contributed by atoms with Gasteiger partial charge >= 0.3 is 0 Å². The summed E-state index contributed by atoms with van der Waals surface area (Å²) in [5, 5.41) is 1.66. The average Bonchev–Trinajstić information content (AvgIpc) is 2.30. The first kappa shape index (κ1) is 9.88. The first-order chi connectivity index (χ1) is 7.27. The number of hydrogen-bond acceptors (Lipinski definition) is 2. The van der Waals surface area contributed by atoms with E-state index in [0.717, 1.165) is 10.6 Å². The van der Waals surface area contributed by atoms with E-state index in [0.29, 0.717) is 5.69 Å². The van der Waals surface area contributed by atoms with E-state index in [4.69, 9.17) is 5.73 Å². The number of rotatable bonds is 2. The molecule has 1 atom stereocenters. The third-order valence-electron chi connectivity index (χ3n) is 2.12. The van der Waals surface area contributed by atoms with Crippen molar-refractivity contribution in [1.29, 1.82) is 0 Å². The molecule has 2 N–H and O–H groups in total. The summed E-state index contributed by atoms with van der Waals surface area (Å²) in [5.41, 5.74) is 6.26. The molecule has 0 spiro atoms. The molecule has 1 unspecified atom stereocenters. The lowest BCUT2D eigenvalue weighted by atomic mass is 10.3. The Morgan fingerprint density at radius 2 is 1.33 bits per heavy atom. The minimum atomic E-state index is -1.49. The van der Waals surface area contributed by atoms with Crippen LogP contribution in [0.3, 0.4) is 0 Å². The standard InChI is InChI=1S/C12H11NOP/c13-10-6-8-12(9-7-10)15(14)11-4-2-1-3-5-11/h1-9H,13H2. The highest BCUT2D eigenvalue weighted by atomic mass is 31.1. The Bertz CT molecular complexity index is 465. The zero-order valence-electron chi connectivity index (χ0n) is 8.13. The fourth-order valence-corrected chi connectivity index (χ4v) is 2.48. The number of hydrogen-bond donors (Lipinski definition) is 1. The Kier molecular flexibility index (Phi) is 2.79. The fraction of sp³-hybridized carbons (Fsp3) is 0. The second-order valence-electron chi connectivity index (χ2n) is 3.22. The lowest BCUT2D eigenvalue weighted by Gasteiger charge is -2.01. The zero-order chi connectivity index (χ0) is 10.7. The molecule has 1 radical (unpaired) electrons. The SMILES string of the molecule is Nc1ccc([P](=O)c2ccccc2)cc1. The summed E-state index contributed by atoms with van der Waals surface area (Å²) in [6.45, 7) is 0. The maximum absolute atomic E-state index is 12.1. The van der Waals surface area contributed by atoms with Crippen LogP contribution in [0.1, 0.15) is 0 Å². The number of benzene rings is 2. The fourth-order valence-electron chi connectivity index (χ4n) is 1.32. The molecule has 75 valence electrons. The molecule has 0 heterocycles. The molecule has 0 fully saturated rings. The van der Waals surface area contributed by atoms with Crippen molar-refractivity contribution < 1.29 is 4.57 Å². The Morgan fingerprint density at radius 1 is 0.800 bits per heavy atom. The number of nitrogens with two attached hydrogens (primary N) is 1. The van der Waals surface area contributed by atoms with Crippen molar-refractivity contribution in [3.63, 3.8) is 0 Å². The number of nitrogen functional groups attached to an aromatic ring is 1. The van der Waals surface area contributed by atoms with Gasteiger partial charge in [-0.3, -0.25) is 4.57 Å². The Morgan fingerprint density at radius 3 is 1.93 bits per heavy atom. The van der Waals surface area contributed by atoms with Gasteiger partial charge in [-0.2, -0.15) is 0 Å². The van der Waals surface area contributed by atoms with Crippen molar-refractivity contribution in [3.8, 4) is 0 Å². The van der Waals surface area contributed by atoms with Gasteiger partial charge in [0.2, 0.25) is 0 Å². The van der Waals surface area contributed by atoms with Crippen molar-refractivity contribution >= 4 is 24.1 Å². The normalized spacial score (nSPS) is 11.1. The van der Waals surface area contributed by atoms with Crippen molar-refractivity contribution in [2.24, 2.45) is 0 Å². The molecule has 2 aromatic rings. The van der Waals surface area contributed by atoms with Gasteiger partial charge in [0.25, 0.3) is 0 Å². The Hall–Kier alpha value is -1.66. The molecular weight excluding hydrogens is 205 g/mol. The maximum Gasteiger partial charge on any atom is 0.136 e. The lowest BCUT2D eigenvalue weighted by molar-refractivity contribution is 0.598. The molecule has 0 saturated heterocycles. The molecule has 15 heavy (non-hydrogen) atoms. The molecule has 0 aliphatic rings. The third kappa shape index (κ3) is 2.23. The molecule has 0 aliphatic heterocycles. The van der Waals surface area contributed by atoms with E-state index >= 15 is 0 Å². The summed E-state index contributed by atoms with van der Waals surface area (Å²) in [6.07, 6.45) is 0. The largest absolute Gasteiger partial charge is 0.399 e. The summed E-state index contributed by atoms with van der Waals surface area (Å²) >= 11 is 0. The van der Waals surface area contributed by atoms with E-state index < -0.39 is 7.80 Å². The minimum absolute atomic E-state index is 0.690. The van der Waals surface area contributed by atoms with E-state index in [1.54, 1.807) is 24.3 Å². The predicted molar refractivity (Wildman–Crippen MR) is 64.2 cm³/mol. The lowest BCUT2D eigenvalue weighted by Crippen LogP contribution is -2.05.